The number of methoxy groups -OCH3 is 1. The molecule has 0 saturated carbocycles. The van der Waals surface area contributed by atoms with Crippen LogP contribution in [-0.4, -0.2) is 35.4 Å². The Hall–Kier alpha value is -2.41. The molecule has 1 aromatic heterocycles. The normalized spacial score (nSPS) is 19.0. The van der Waals surface area contributed by atoms with Crippen LogP contribution in [0.3, 0.4) is 0 Å². The van der Waals surface area contributed by atoms with Crippen molar-refractivity contribution in [3.63, 3.8) is 0 Å². The van der Waals surface area contributed by atoms with Gasteiger partial charge in [0.25, 0.3) is 0 Å². The fourth-order valence-electron chi connectivity index (χ4n) is 2.86. The lowest BCUT2D eigenvalue weighted by Gasteiger charge is -2.24. The van der Waals surface area contributed by atoms with Crippen molar-refractivity contribution in [1.29, 1.82) is 0 Å². The number of ether oxygens (including phenoxy) is 3. The Kier molecular flexibility index (Phi) is 3.93. The number of carbonyl (C=O) groups is 1. The SMILES string of the molecule is COc1cc(C2SCC(=O)N2Cc2ccccn2)cc2c1OCO2. The third-order valence-corrected chi connectivity index (χ3v) is 5.25. The lowest BCUT2D eigenvalue weighted by molar-refractivity contribution is -0.128. The Morgan fingerprint density at radius 1 is 1.38 bits per heavy atom. The van der Waals surface area contributed by atoms with E-state index in [-0.39, 0.29) is 18.1 Å². The minimum atomic E-state index is -0.0945. The van der Waals surface area contributed by atoms with Crippen LogP contribution in [0, 0.1) is 0 Å². The molecule has 3 heterocycles. The van der Waals surface area contributed by atoms with E-state index in [0.29, 0.717) is 29.5 Å². The van der Waals surface area contributed by atoms with Crippen LogP contribution in [0.2, 0.25) is 0 Å². The van der Waals surface area contributed by atoms with Crippen LogP contribution in [0.25, 0.3) is 0 Å². The molecule has 0 spiro atoms. The molecule has 1 amide bonds. The Labute approximate surface area is 143 Å². The van der Waals surface area contributed by atoms with E-state index in [4.69, 9.17) is 14.2 Å². The monoisotopic (exact) mass is 344 g/mol. The number of thioether (sulfide) groups is 1. The fraction of sp³-hybridized carbons (Fsp3) is 0.294. The number of aromatic nitrogens is 1. The summed E-state index contributed by atoms with van der Waals surface area (Å²) in [5.74, 6) is 2.45. The van der Waals surface area contributed by atoms with Crippen molar-refractivity contribution in [3.8, 4) is 17.2 Å². The molecule has 1 fully saturated rings. The average Bonchev–Trinajstić information content (AvgIpc) is 3.22. The number of rotatable bonds is 4. The first kappa shape index (κ1) is 15.1. The van der Waals surface area contributed by atoms with Crippen LogP contribution in [0.4, 0.5) is 0 Å². The van der Waals surface area contributed by atoms with Gasteiger partial charge in [0.15, 0.2) is 11.5 Å². The number of hydrogen-bond acceptors (Lipinski definition) is 6. The summed E-state index contributed by atoms with van der Waals surface area (Å²) in [6.45, 7) is 0.664. The molecule has 0 radical (unpaired) electrons. The Morgan fingerprint density at radius 3 is 3.08 bits per heavy atom. The predicted molar refractivity (Wildman–Crippen MR) is 89.1 cm³/mol. The van der Waals surface area contributed by atoms with E-state index in [0.717, 1.165) is 11.3 Å². The lowest BCUT2D eigenvalue weighted by Crippen LogP contribution is -2.28. The zero-order valence-electron chi connectivity index (χ0n) is 13.1. The highest BCUT2D eigenvalue weighted by Crippen LogP contribution is 2.47. The van der Waals surface area contributed by atoms with Gasteiger partial charge in [0.1, 0.15) is 5.37 Å². The van der Waals surface area contributed by atoms with E-state index in [1.165, 1.54) is 0 Å². The molecule has 0 N–H and O–H groups in total. The minimum Gasteiger partial charge on any atom is -0.493 e. The Morgan fingerprint density at radius 2 is 2.29 bits per heavy atom. The second-order valence-electron chi connectivity index (χ2n) is 5.46. The van der Waals surface area contributed by atoms with Gasteiger partial charge in [-0.05, 0) is 29.8 Å². The summed E-state index contributed by atoms with van der Waals surface area (Å²) in [5.41, 5.74) is 1.83. The number of hydrogen-bond donors (Lipinski definition) is 0. The van der Waals surface area contributed by atoms with Gasteiger partial charge in [0.2, 0.25) is 18.4 Å². The number of benzene rings is 1. The van der Waals surface area contributed by atoms with E-state index in [1.807, 2.05) is 35.2 Å². The van der Waals surface area contributed by atoms with Gasteiger partial charge < -0.3 is 19.1 Å². The first-order valence-electron chi connectivity index (χ1n) is 7.55. The number of amides is 1. The summed E-state index contributed by atoms with van der Waals surface area (Å²) in [6, 6.07) is 9.55. The summed E-state index contributed by atoms with van der Waals surface area (Å²) in [5, 5.41) is -0.0945. The summed E-state index contributed by atoms with van der Waals surface area (Å²) >= 11 is 1.59. The fourth-order valence-corrected chi connectivity index (χ4v) is 4.03. The number of fused-ring (bicyclic) bond motifs is 1. The molecule has 6 nitrogen and oxygen atoms in total. The maximum Gasteiger partial charge on any atom is 0.234 e. The molecule has 1 saturated heterocycles. The molecule has 2 aromatic rings. The number of carbonyl (C=O) groups excluding carboxylic acids is 1. The average molecular weight is 344 g/mol. The summed E-state index contributed by atoms with van der Waals surface area (Å²) in [4.78, 5) is 18.5. The van der Waals surface area contributed by atoms with E-state index in [9.17, 15) is 4.79 Å². The highest BCUT2D eigenvalue weighted by molar-refractivity contribution is 8.00. The number of pyridine rings is 1. The van der Waals surface area contributed by atoms with Crippen molar-refractivity contribution in [3.05, 3.63) is 47.8 Å². The standard InChI is InChI=1S/C17H16N2O4S/c1-21-13-6-11(7-14-16(13)23-10-22-14)17-19(15(20)9-24-17)8-12-4-2-3-5-18-12/h2-7,17H,8-10H2,1H3. The van der Waals surface area contributed by atoms with E-state index >= 15 is 0 Å². The predicted octanol–water partition coefficient (Wildman–Crippen LogP) is 2.59. The summed E-state index contributed by atoms with van der Waals surface area (Å²) in [7, 11) is 1.60. The molecular weight excluding hydrogens is 328 g/mol. The van der Waals surface area contributed by atoms with Gasteiger partial charge >= 0.3 is 0 Å². The van der Waals surface area contributed by atoms with Crippen LogP contribution in [0.1, 0.15) is 16.6 Å². The molecule has 1 atom stereocenters. The first-order valence-corrected chi connectivity index (χ1v) is 8.59. The molecule has 1 aromatic carbocycles. The molecule has 7 heteroatoms. The number of nitrogens with zero attached hydrogens (tertiary/aromatic N) is 2. The molecule has 4 rings (SSSR count). The second kappa shape index (κ2) is 6.24. The minimum absolute atomic E-state index is 0.0945. The quantitative estimate of drug-likeness (QED) is 0.850. The summed E-state index contributed by atoms with van der Waals surface area (Å²) < 4.78 is 16.3. The summed E-state index contributed by atoms with van der Waals surface area (Å²) in [6.07, 6.45) is 1.74. The van der Waals surface area contributed by atoms with Crippen LogP contribution in [0.5, 0.6) is 17.2 Å². The van der Waals surface area contributed by atoms with E-state index < -0.39 is 0 Å². The smallest absolute Gasteiger partial charge is 0.234 e. The van der Waals surface area contributed by atoms with Gasteiger partial charge in [0, 0.05) is 6.20 Å². The maximum absolute atomic E-state index is 12.3. The molecule has 2 aliphatic heterocycles. The van der Waals surface area contributed by atoms with Gasteiger partial charge in [-0.1, -0.05) is 6.07 Å². The largest absolute Gasteiger partial charge is 0.493 e. The highest BCUT2D eigenvalue weighted by atomic mass is 32.2. The van der Waals surface area contributed by atoms with Gasteiger partial charge in [-0.3, -0.25) is 9.78 Å². The van der Waals surface area contributed by atoms with Crippen LogP contribution >= 0.6 is 11.8 Å². The first-order chi connectivity index (χ1) is 11.8. The lowest BCUT2D eigenvalue weighted by atomic mass is 10.1. The zero-order valence-corrected chi connectivity index (χ0v) is 13.9. The van der Waals surface area contributed by atoms with Crippen LogP contribution in [0.15, 0.2) is 36.5 Å². The highest BCUT2D eigenvalue weighted by Gasteiger charge is 2.35. The van der Waals surface area contributed by atoms with Crippen molar-refractivity contribution >= 4 is 17.7 Å². The molecule has 0 bridgehead atoms. The van der Waals surface area contributed by atoms with Crippen molar-refractivity contribution < 1.29 is 19.0 Å². The molecule has 24 heavy (non-hydrogen) atoms. The Bertz CT molecular complexity index is 769. The topological polar surface area (TPSA) is 60.9 Å². The molecular formula is C17H16N2O4S. The third-order valence-electron chi connectivity index (χ3n) is 3.99. The third kappa shape index (κ3) is 2.65. The van der Waals surface area contributed by atoms with E-state index in [1.54, 1.807) is 25.1 Å². The van der Waals surface area contributed by atoms with Crippen molar-refractivity contribution in [2.45, 2.75) is 11.9 Å². The Balaban J connectivity index is 1.66. The van der Waals surface area contributed by atoms with Crippen LogP contribution in [-0.2, 0) is 11.3 Å². The zero-order chi connectivity index (χ0) is 16.5. The van der Waals surface area contributed by atoms with Crippen molar-refractivity contribution in [2.24, 2.45) is 0 Å². The van der Waals surface area contributed by atoms with Crippen molar-refractivity contribution in [1.82, 2.24) is 9.88 Å². The maximum atomic E-state index is 12.3. The van der Waals surface area contributed by atoms with Gasteiger partial charge in [-0.25, -0.2) is 0 Å². The molecule has 2 aliphatic rings. The van der Waals surface area contributed by atoms with Crippen LogP contribution < -0.4 is 14.2 Å². The van der Waals surface area contributed by atoms with Gasteiger partial charge in [-0.15, -0.1) is 11.8 Å². The van der Waals surface area contributed by atoms with Gasteiger partial charge in [0.05, 0.1) is 25.1 Å². The second-order valence-corrected chi connectivity index (χ2v) is 6.53. The van der Waals surface area contributed by atoms with E-state index in [2.05, 4.69) is 4.98 Å². The van der Waals surface area contributed by atoms with Crippen molar-refractivity contribution in [2.75, 3.05) is 19.7 Å². The molecule has 1 unspecified atom stereocenters. The molecule has 124 valence electrons. The van der Waals surface area contributed by atoms with Gasteiger partial charge in [-0.2, -0.15) is 0 Å². The molecule has 0 aliphatic carbocycles.